The van der Waals surface area contributed by atoms with Gasteiger partial charge in [0.15, 0.2) is 0 Å². The summed E-state index contributed by atoms with van der Waals surface area (Å²) in [6.45, 7) is 8.76. The topological polar surface area (TPSA) is 52.7 Å². The lowest BCUT2D eigenvalue weighted by atomic mass is 10.2. The quantitative estimate of drug-likeness (QED) is 0.615. The molecular weight excluding hydrogens is 274 g/mol. The molecule has 0 spiro atoms. The number of likely N-dealkylation sites (tertiary alicyclic amines) is 1. The first-order valence-corrected chi connectivity index (χ1v) is 9.51. The Kier molecular flexibility index (Phi) is 8.02. The Morgan fingerprint density at radius 3 is 2.70 bits per heavy atom. The first-order valence-electron chi connectivity index (χ1n) is 7.90. The van der Waals surface area contributed by atoms with Crippen molar-refractivity contribution in [3.63, 3.8) is 0 Å². The number of rotatable bonds is 10. The highest BCUT2D eigenvalue weighted by Crippen LogP contribution is 2.18. The molecule has 0 aromatic heterocycles. The minimum atomic E-state index is -3.10. The van der Waals surface area contributed by atoms with E-state index in [1.807, 2.05) is 0 Å². The first kappa shape index (κ1) is 17.9. The summed E-state index contributed by atoms with van der Waals surface area (Å²) in [6.07, 6.45) is 4.08. The van der Waals surface area contributed by atoms with E-state index in [0.29, 0.717) is 19.0 Å². The fourth-order valence-electron chi connectivity index (χ4n) is 2.77. The fourth-order valence-corrected chi connectivity index (χ4v) is 3.99. The fraction of sp³-hybridized carbons (Fsp3) is 1.00. The molecule has 1 fully saturated rings. The van der Waals surface area contributed by atoms with Gasteiger partial charge in [-0.25, -0.2) is 12.7 Å². The summed E-state index contributed by atoms with van der Waals surface area (Å²) in [5.41, 5.74) is 0. The number of hydrogen-bond acceptors (Lipinski definition) is 4. The molecule has 1 unspecified atom stereocenters. The molecule has 1 atom stereocenters. The Bertz CT molecular complexity index is 359. The molecule has 0 aromatic rings. The van der Waals surface area contributed by atoms with E-state index < -0.39 is 10.0 Å². The number of sulfonamides is 1. The molecule has 0 aromatic carbocycles. The summed E-state index contributed by atoms with van der Waals surface area (Å²) in [5, 5.41) is 3.24. The van der Waals surface area contributed by atoms with E-state index in [0.717, 1.165) is 39.0 Å². The van der Waals surface area contributed by atoms with Crippen molar-refractivity contribution in [3.05, 3.63) is 0 Å². The van der Waals surface area contributed by atoms with Gasteiger partial charge in [-0.05, 0) is 51.9 Å². The highest BCUT2D eigenvalue weighted by Gasteiger charge is 2.27. The molecule has 1 aliphatic rings. The van der Waals surface area contributed by atoms with E-state index in [4.69, 9.17) is 0 Å². The van der Waals surface area contributed by atoms with Crippen LogP contribution >= 0.6 is 0 Å². The zero-order valence-electron chi connectivity index (χ0n) is 13.3. The maximum atomic E-state index is 12.2. The Labute approximate surface area is 124 Å². The predicted octanol–water partition coefficient (Wildman–Crippen LogP) is 1.12. The molecule has 120 valence electrons. The molecule has 5 nitrogen and oxygen atoms in total. The summed E-state index contributed by atoms with van der Waals surface area (Å²) in [7, 11) is -1.38. The molecular formula is C14H31N3O2S. The van der Waals surface area contributed by atoms with Gasteiger partial charge in [0.2, 0.25) is 10.0 Å². The number of likely N-dealkylation sites (N-methyl/N-ethyl adjacent to an activating group) is 2. The van der Waals surface area contributed by atoms with E-state index >= 15 is 0 Å². The maximum Gasteiger partial charge on any atom is 0.213 e. The van der Waals surface area contributed by atoms with Gasteiger partial charge in [0.1, 0.15) is 0 Å². The lowest BCUT2D eigenvalue weighted by Crippen LogP contribution is -2.42. The van der Waals surface area contributed by atoms with Gasteiger partial charge in [0, 0.05) is 19.6 Å². The molecule has 1 saturated heterocycles. The van der Waals surface area contributed by atoms with Gasteiger partial charge in [-0.2, -0.15) is 0 Å². The number of nitrogens with one attached hydrogen (secondary N) is 1. The van der Waals surface area contributed by atoms with E-state index in [1.54, 1.807) is 11.4 Å². The minimum Gasteiger partial charge on any atom is -0.317 e. The second kappa shape index (κ2) is 8.97. The van der Waals surface area contributed by atoms with Crippen LogP contribution in [0.4, 0.5) is 0 Å². The van der Waals surface area contributed by atoms with Gasteiger partial charge in [-0.1, -0.05) is 13.8 Å². The Balaban J connectivity index is 2.34. The summed E-state index contributed by atoms with van der Waals surface area (Å²) >= 11 is 0. The van der Waals surface area contributed by atoms with Crippen LogP contribution < -0.4 is 5.32 Å². The lowest BCUT2D eigenvalue weighted by Gasteiger charge is -2.27. The van der Waals surface area contributed by atoms with Crippen molar-refractivity contribution in [2.75, 3.05) is 45.5 Å². The third-order valence-corrected chi connectivity index (χ3v) is 5.93. The van der Waals surface area contributed by atoms with E-state index in [9.17, 15) is 8.42 Å². The Morgan fingerprint density at radius 1 is 1.30 bits per heavy atom. The van der Waals surface area contributed by atoms with Crippen molar-refractivity contribution < 1.29 is 8.42 Å². The second-order valence-corrected chi connectivity index (χ2v) is 7.82. The van der Waals surface area contributed by atoms with Crippen molar-refractivity contribution in [1.29, 1.82) is 0 Å². The van der Waals surface area contributed by atoms with Crippen LogP contribution in [0.5, 0.6) is 0 Å². The van der Waals surface area contributed by atoms with Crippen LogP contribution in [0, 0.1) is 0 Å². The van der Waals surface area contributed by atoms with Gasteiger partial charge in [-0.3, -0.25) is 4.90 Å². The lowest BCUT2D eigenvalue weighted by molar-refractivity contribution is 0.237. The van der Waals surface area contributed by atoms with E-state index in [1.165, 1.54) is 6.42 Å². The van der Waals surface area contributed by atoms with Crippen LogP contribution in [0.15, 0.2) is 0 Å². The van der Waals surface area contributed by atoms with Crippen LogP contribution in [-0.4, -0.2) is 69.2 Å². The van der Waals surface area contributed by atoms with Gasteiger partial charge in [0.05, 0.1) is 5.75 Å². The second-order valence-electron chi connectivity index (χ2n) is 5.62. The summed E-state index contributed by atoms with van der Waals surface area (Å²) in [5.74, 6) is 0.249. The average molecular weight is 305 g/mol. The molecule has 1 rings (SSSR count). The van der Waals surface area contributed by atoms with Crippen LogP contribution in [0.3, 0.4) is 0 Å². The van der Waals surface area contributed by atoms with Gasteiger partial charge in [-0.15, -0.1) is 0 Å². The predicted molar refractivity (Wildman–Crippen MR) is 84.5 cm³/mol. The Hall–Kier alpha value is -0.170. The normalized spacial score (nSPS) is 20.9. The summed E-state index contributed by atoms with van der Waals surface area (Å²) < 4.78 is 26.0. The SMILES string of the molecule is CCCNCCCS(=O)(=O)N(C)CC1CCCN1CC. The average Bonchev–Trinajstić information content (AvgIpc) is 2.85. The standard InChI is InChI=1S/C14H31N3O2S/c1-4-9-15-10-7-12-20(18,19)16(3)13-14-8-6-11-17(14)5-2/h14-15H,4-13H2,1-3H3. The number of hydrogen-bond donors (Lipinski definition) is 1. The third kappa shape index (κ3) is 5.68. The van der Waals surface area contributed by atoms with Crippen molar-refractivity contribution in [2.45, 2.75) is 45.6 Å². The van der Waals surface area contributed by atoms with Crippen molar-refractivity contribution in [2.24, 2.45) is 0 Å². The first-order chi connectivity index (χ1) is 9.51. The highest BCUT2D eigenvalue weighted by atomic mass is 32.2. The molecule has 20 heavy (non-hydrogen) atoms. The van der Waals surface area contributed by atoms with E-state index in [2.05, 4.69) is 24.1 Å². The molecule has 0 saturated carbocycles. The largest absolute Gasteiger partial charge is 0.317 e. The van der Waals surface area contributed by atoms with Crippen LogP contribution in [0.2, 0.25) is 0 Å². The number of nitrogens with zero attached hydrogens (tertiary/aromatic N) is 2. The molecule has 1 N–H and O–H groups in total. The van der Waals surface area contributed by atoms with Crippen molar-refractivity contribution >= 4 is 10.0 Å². The van der Waals surface area contributed by atoms with Crippen LogP contribution in [0.25, 0.3) is 0 Å². The zero-order valence-corrected chi connectivity index (χ0v) is 14.1. The highest BCUT2D eigenvalue weighted by molar-refractivity contribution is 7.89. The minimum absolute atomic E-state index is 0.249. The van der Waals surface area contributed by atoms with Gasteiger partial charge in [0.25, 0.3) is 0 Å². The maximum absolute atomic E-state index is 12.2. The van der Waals surface area contributed by atoms with Crippen LogP contribution in [0.1, 0.15) is 39.5 Å². The molecule has 1 aliphatic heterocycles. The molecule has 0 amide bonds. The van der Waals surface area contributed by atoms with Crippen molar-refractivity contribution in [1.82, 2.24) is 14.5 Å². The molecule has 0 radical (unpaired) electrons. The monoisotopic (exact) mass is 305 g/mol. The van der Waals surface area contributed by atoms with Crippen molar-refractivity contribution in [3.8, 4) is 0 Å². The molecule has 1 heterocycles. The third-order valence-electron chi connectivity index (χ3n) is 4.03. The van der Waals surface area contributed by atoms with E-state index in [-0.39, 0.29) is 5.75 Å². The Morgan fingerprint density at radius 2 is 2.05 bits per heavy atom. The smallest absolute Gasteiger partial charge is 0.213 e. The van der Waals surface area contributed by atoms with Gasteiger partial charge >= 0.3 is 0 Å². The molecule has 6 heteroatoms. The molecule has 0 bridgehead atoms. The summed E-state index contributed by atoms with van der Waals surface area (Å²) in [6, 6.07) is 0.401. The summed E-state index contributed by atoms with van der Waals surface area (Å²) in [4.78, 5) is 2.38. The van der Waals surface area contributed by atoms with Crippen LogP contribution in [-0.2, 0) is 10.0 Å². The van der Waals surface area contributed by atoms with Gasteiger partial charge < -0.3 is 5.32 Å². The molecule has 0 aliphatic carbocycles. The zero-order chi connectivity index (χ0) is 15.0.